The molecule has 0 atom stereocenters. The number of aromatic amines is 1. The summed E-state index contributed by atoms with van der Waals surface area (Å²) >= 11 is 0. The third-order valence-corrected chi connectivity index (χ3v) is 1.82. The minimum atomic E-state index is -0.633. The lowest BCUT2D eigenvalue weighted by Gasteiger charge is -2.08. The van der Waals surface area contributed by atoms with Crippen molar-refractivity contribution in [3.63, 3.8) is 0 Å². The number of rotatable bonds is 6. The molecule has 7 nitrogen and oxygen atoms in total. The number of aromatic nitrogens is 2. The Morgan fingerprint density at radius 1 is 1.39 bits per heavy atom. The molecular weight excluding hydrogens is 238 g/mol. The molecule has 0 fully saturated rings. The van der Waals surface area contributed by atoms with Gasteiger partial charge in [-0.25, -0.2) is 9.59 Å². The minimum absolute atomic E-state index is 0.00306. The lowest BCUT2D eigenvalue weighted by Crippen LogP contribution is -2.17. The van der Waals surface area contributed by atoms with E-state index < -0.39 is 11.9 Å². The van der Waals surface area contributed by atoms with Crippen LogP contribution in [-0.4, -0.2) is 35.3 Å². The fourth-order valence-electron chi connectivity index (χ4n) is 1.13. The first-order valence-electron chi connectivity index (χ1n) is 5.48. The third kappa shape index (κ3) is 4.28. The summed E-state index contributed by atoms with van der Waals surface area (Å²) in [4.78, 5) is 22.9. The number of ether oxygens (including phenoxy) is 2. The van der Waals surface area contributed by atoms with Gasteiger partial charge in [0.05, 0.1) is 31.2 Å². The molecule has 0 aliphatic heterocycles. The molecule has 0 amide bonds. The fraction of sp³-hybridized carbons (Fsp3) is 0.364. The summed E-state index contributed by atoms with van der Waals surface area (Å²) < 4.78 is 9.56. The van der Waals surface area contributed by atoms with Crippen LogP contribution in [0.25, 0.3) is 0 Å². The molecule has 0 bridgehead atoms. The molecule has 1 heterocycles. The minimum Gasteiger partial charge on any atom is -0.463 e. The van der Waals surface area contributed by atoms with Crippen molar-refractivity contribution in [1.82, 2.24) is 10.2 Å². The van der Waals surface area contributed by atoms with Gasteiger partial charge in [-0.15, -0.1) is 0 Å². The molecule has 0 aromatic carbocycles. The maximum atomic E-state index is 11.6. The summed E-state index contributed by atoms with van der Waals surface area (Å²) in [7, 11) is 0. The molecule has 0 saturated carbocycles. The lowest BCUT2D eigenvalue weighted by molar-refractivity contribution is -0.140. The van der Waals surface area contributed by atoms with Gasteiger partial charge in [0.1, 0.15) is 5.70 Å². The van der Waals surface area contributed by atoms with E-state index in [2.05, 4.69) is 15.5 Å². The first-order chi connectivity index (χ1) is 8.67. The van der Waals surface area contributed by atoms with E-state index in [0.717, 1.165) is 6.08 Å². The number of nitrogens with one attached hydrogen (secondary N) is 2. The zero-order chi connectivity index (χ0) is 13.4. The zero-order valence-electron chi connectivity index (χ0n) is 10.2. The third-order valence-electron chi connectivity index (χ3n) is 1.82. The van der Waals surface area contributed by atoms with Crippen LogP contribution in [0.15, 0.2) is 24.2 Å². The molecule has 0 aliphatic carbocycles. The highest BCUT2D eigenvalue weighted by Crippen LogP contribution is 2.08. The summed E-state index contributed by atoms with van der Waals surface area (Å²) in [5.74, 6) is -1.25. The Bertz CT molecular complexity index is 426. The monoisotopic (exact) mass is 253 g/mol. The van der Waals surface area contributed by atoms with Crippen LogP contribution in [-0.2, 0) is 19.1 Å². The van der Waals surface area contributed by atoms with E-state index in [-0.39, 0.29) is 18.9 Å². The summed E-state index contributed by atoms with van der Waals surface area (Å²) in [5, 5.41) is 9.01. The zero-order valence-corrected chi connectivity index (χ0v) is 10.2. The van der Waals surface area contributed by atoms with Gasteiger partial charge in [0.15, 0.2) is 0 Å². The Kier molecular flexibility index (Phi) is 5.43. The number of anilines is 1. The first kappa shape index (κ1) is 13.8. The van der Waals surface area contributed by atoms with E-state index in [1.807, 2.05) is 0 Å². The van der Waals surface area contributed by atoms with Crippen molar-refractivity contribution >= 4 is 17.6 Å². The standard InChI is InChI=1S/C11H15N3O4/c1-3-17-10(15)5-9(11(16)18-4-2)14-8-6-12-13-7-8/h5-7,14H,3-4H2,1-2H3,(H,12,13)/b9-5-. The van der Waals surface area contributed by atoms with Crippen molar-refractivity contribution in [2.75, 3.05) is 18.5 Å². The highest BCUT2D eigenvalue weighted by molar-refractivity contribution is 5.98. The van der Waals surface area contributed by atoms with Crippen LogP contribution < -0.4 is 5.32 Å². The van der Waals surface area contributed by atoms with Gasteiger partial charge in [0.25, 0.3) is 0 Å². The highest BCUT2D eigenvalue weighted by atomic mass is 16.5. The molecule has 0 aliphatic rings. The van der Waals surface area contributed by atoms with Gasteiger partial charge in [-0.3, -0.25) is 5.10 Å². The summed E-state index contributed by atoms with van der Waals surface area (Å²) in [6.45, 7) is 3.81. The van der Waals surface area contributed by atoms with Crippen molar-refractivity contribution in [3.05, 3.63) is 24.2 Å². The van der Waals surface area contributed by atoms with Crippen molar-refractivity contribution < 1.29 is 19.1 Å². The Balaban J connectivity index is 2.80. The van der Waals surface area contributed by atoms with Crippen molar-refractivity contribution in [3.8, 4) is 0 Å². The number of esters is 2. The van der Waals surface area contributed by atoms with Crippen LogP contribution in [0.4, 0.5) is 5.69 Å². The number of nitrogens with zero attached hydrogens (tertiary/aromatic N) is 1. The van der Waals surface area contributed by atoms with Crippen LogP contribution in [0.2, 0.25) is 0 Å². The van der Waals surface area contributed by atoms with Crippen molar-refractivity contribution in [2.45, 2.75) is 13.8 Å². The number of carbonyl (C=O) groups excluding carboxylic acids is 2. The van der Waals surface area contributed by atoms with Crippen LogP contribution in [0.5, 0.6) is 0 Å². The lowest BCUT2D eigenvalue weighted by atomic mass is 10.3. The SMILES string of the molecule is CCOC(=O)/C=C(\Nc1cn[nH]c1)C(=O)OCC. The smallest absolute Gasteiger partial charge is 0.355 e. The quantitative estimate of drug-likeness (QED) is 0.576. The molecule has 2 N–H and O–H groups in total. The molecule has 1 rings (SSSR count). The van der Waals surface area contributed by atoms with Gasteiger partial charge in [0, 0.05) is 6.20 Å². The van der Waals surface area contributed by atoms with Gasteiger partial charge in [-0.05, 0) is 13.8 Å². The summed E-state index contributed by atoms with van der Waals surface area (Å²) in [6, 6.07) is 0. The largest absolute Gasteiger partial charge is 0.463 e. The van der Waals surface area contributed by atoms with E-state index in [0.29, 0.717) is 5.69 Å². The van der Waals surface area contributed by atoms with Crippen molar-refractivity contribution in [2.24, 2.45) is 0 Å². The first-order valence-corrected chi connectivity index (χ1v) is 5.48. The molecule has 0 radical (unpaired) electrons. The van der Waals surface area contributed by atoms with Crippen LogP contribution in [0, 0.1) is 0 Å². The Morgan fingerprint density at radius 3 is 2.67 bits per heavy atom. The topological polar surface area (TPSA) is 93.3 Å². The van der Waals surface area contributed by atoms with Gasteiger partial charge < -0.3 is 14.8 Å². The molecule has 1 aromatic rings. The second kappa shape index (κ2) is 7.10. The summed E-state index contributed by atoms with van der Waals surface area (Å²) in [6.07, 6.45) is 4.06. The predicted molar refractivity (Wildman–Crippen MR) is 63.6 cm³/mol. The second-order valence-corrected chi connectivity index (χ2v) is 3.14. The predicted octanol–water partition coefficient (Wildman–Crippen LogP) is 0.832. The maximum Gasteiger partial charge on any atom is 0.355 e. The van der Waals surface area contributed by atoms with E-state index >= 15 is 0 Å². The molecular formula is C11H15N3O4. The molecule has 0 spiro atoms. The van der Waals surface area contributed by atoms with E-state index in [1.54, 1.807) is 13.8 Å². The van der Waals surface area contributed by atoms with Crippen LogP contribution in [0.3, 0.4) is 0 Å². The van der Waals surface area contributed by atoms with Gasteiger partial charge >= 0.3 is 11.9 Å². The van der Waals surface area contributed by atoms with Gasteiger partial charge in [-0.1, -0.05) is 0 Å². The Hall–Kier alpha value is -2.31. The molecule has 18 heavy (non-hydrogen) atoms. The van der Waals surface area contributed by atoms with Gasteiger partial charge in [0.2, 0.25) is 0 Å². The number of hydrogen-bond donors (Lipinski definition) is 2. The second-order valence-electron chi connectivity index (χ2n) is 3.14. The Morgan fingerprint density at radius 2 is 2.11 bits per heavy atom. The molecule has 1 aromatic heterocycles. The van der Waals surface area contributed by atoms with E-state index in [9.17, 15) is 9.59 Å². The average molecular weight is 253 g/mol. The molecule has 7 heteroatoms. The molecule has 0 saturated heterocycles. The molecule has 98 valence electrons. The molecule has 0 unspecified atom stereocenters. The van der Waals surface area contributed by atoms with E-state index in [4.69, 9.17) is 9.47 Å². The number of hydrogen-bond acceptors (Lipinski definition) is 6. The normalized spacial score (nSPS) is 10.9. The number of carbonyl (C=O) groups is 2. The fourth-order valence-corrected chi connectivity index (χ4v) is 1.13. The van der Waals surface area contributed by atoms with E-state index in [1.165, 1.54) is 12.4 Å². The van der Waals surface area contributed by atoms with Gasteiger partial charge in [-0.2, -0.15) is 5.10 Å². The summed E-state index contributed by atoms with van der Waals surface area (Å²) in [5.41, 5.74) is 0.537. The average Bonchev–Trinajstić information content (AvgIpc) is 2.81. The maximum absolute atomic E-state index is 11.6. The Labute approximate surface area is 104 Å². The van der Waals surface area contributed by atoms with Crippen LogP contribution in [0.1, 0.15) is 13.8 Å². The van der Waals surface area contributed by atoms with Crippen molar-refractivity contribution in [1.29, 1.82) is 0 Å². The van der Waals surface area contributed by atoms with Crippen LogP contribution >= 0.6 is 0 Å². The number of H-pyrrole nitrogens is 1. The highest BCUT2D eigenvalue weighted by Gasteiger charge is 2.14.